The van der Waals surface area contributed by atoms with E-state index in [9.17, 15) is 9.59 Å². The van der Waals surface area contributed by atoms with Crippen molar-refractivity contribution in [1.82, 2.24) is 25.6 Å². The summed E-state index contributed by atoms with van der Waals surface area (Å²) in [6, 6.07) is 9.94. The van der Waals surface area contributed by atoms with Crippen molar-refractivity contribution in [2.75, 3.05) is 0 Å². The smallest absolute Gasteiger partial charge is 0.286 e. The number of rotatable bonds is 5. The Morgan fingerprint density at radius 1 is 1.17 bits per heavy atom. The molecule has 0 saturated carbocycles. The molecule has 7 nitrogen and oxygen atoms in total. The van der Waals surface area contributed by atoms with Crippen LogP contribution in [0.4, 0.5) is 0 Å². The van der Waals surface area contributed by atoms with Gasteiger partial charge in [-0.25, -0.2) is 0 Å². The number of nitrogens with zero attached hydrogens (tertiary/aromatic N) is 2. The minimum Gasteiger partial charge on any atom is -0.356 e. The van der Waals surface area contributed by atoms with Gasteiger partial charge < -0.3 is 4.98 Å². The molecule has 8 heteroatoms. The number of amides is 2. The van der Waals surface area contributed by atoms with Gasteiger partial charge in [0.1, 0.15) is 5.69 Å². The Kier molecular flexibility index (Phi) is 6.33. The van der Waals surface area contributed by atoms with Gasteiger partial charge in [0.25, 0.3) is 11.8 Å². The molecule has 0 saturated heterocycles. The second-order valence-corrected chi connectivity index (χ2v) is 7.65. The van der Waals surface area contributed by atoms with Crippen molar-refractivity contribution in [3.05, 3.63) is 80.8 Å². The molecule has 1 aromatic carbocycles. The highest BCUT2D eigenvalue weighted by Gasteiger charge is 2.11. The molecule has 0 fully saturated rings. The lowest BCUT2D eigenvalue weighted by Gasteiger charge is -2.05. The molecule has 0 atom stereocenters. The lowest BCUT2D eigenvalue weighted by atomic mass is 10.1. The van der Waals surface area contributed by atoms with E-state index >= 15 is 0 Å². The predicted molar refractivity (Wildman–Crippen MR) is 115 cm³/mol. The fourth-order valence-electron chi connectivity index (χ4n) is 2.86. The maximum absolute atomic E-state index is 12.1. The second kappa shape index (κ2) is 8.91. The number of H-pyrrole nitrogens is 1. The fraction of sp³-hybridized carbons (Fsp3) is 0.190. The first-order valence-corrected chi connectivity index (χ1v) is 9.84. The molecule has 0 aliphatic rings. The molecule has 0 unspecified atom stereocenters. The van der Waals surface area contributed by atoms with Gasteiger partial charge >= 0.3 is 0 Å². The third kappa shape index (κ3) is 5.23. The first-order chi connectivity index (χ1) is 13.8. The van der Waals surface area contributed by atoms with Crippen molar-refractivity contribution >= 4 is 33.8 Å². The summed E-state index contributed by atoms with van der Waals surface area (Å²) in [7, 11) is 0. The summed E-state index contributed by atoms with van der Waals surface area (Å²) in [4.78, 5) is 26.8. The van der Waals surface area contributed by atoms with Crippen LogP contribution in [0.1, 0.15) is 38.6 Å². The third-order valence-corrected chi connectivity index (χ3v) is 4.94. The van der Waals surface area contributed by atoms with Crippen LogP contribution in [0.2, 0.25) is 0 Å². The van der Waals surface area contributed by atoms with Crippen molar-refractivity contribution < 1.29 is 9.59 Å². The van der Waals surface area contributed by atoms with Crippen molar-refractivity contribution in [3.63, 3.8) is 0 Å². The third-order valence-electron chi connectivity index (χ3n) is 4.48. The van der Waals surface area contributed by atoms with Crippen LogP contribution in [-0.4, -0.2) is 26.6 Å². The zero-order chi connectivity index (χ0) is 21.0. The molecule has 29 heavy (non-hydrogen) atoms. The van der Waals surface area contributed by atoms with Gasteiger partial charge in [-0.3, -0.25) is 25.1 Å². The molecular weight excluding hydrogens is 434 g/mol. The monoisotopic (exact) mass is 455 g/mol. The van der Waals surface area contributed by atoms with Crippen LogP contribution in [0.25, 0.3) is 6.08 Å². The number of aromatic amines is 1. The second-order valence-electron chi connectivity index (χ2n) is 6.74. The van der Waals surface area contributed by atoms with Gasteiger partial charge in [0.2, 0.25) is 0 Å². The van der Waals surface area contributed by atoms with E-state index in [-0.39, 0.29) is 0 Å². The zero-order valence-electron chi connectivity index (χ0n) is 16.4. The molecule has 3 aromatic rings. The quantitative estimate of drug-likeness (QED) is 0.406. The normalized spacial score (nSPS) is 11.0. The molecule has 2 heterocycles. The lowest BCUT2D eigenvalue weighted by molar-refractivity contribution is -0.117. The predicted octanol–water partition coefficient (Wildman–Crippen LogP) is 3.42. The van der Waals surface area contributed by atoms with Gasteiger partial charge in [-0.15, -0.1) is 0 Å². The Morgan fingerprint density at radius 3 is 2.55 bits per heavy atom. The van der Waals surface area contributed by atoms with E-state index in [4.69, 9.17) is 0 Å². The zero-order valence-corrected chi connectivity index (χ0v) is 18.0. The maximum atomic E-state index is 12.1. The van der Waals surface area contributed by atoms with Crippen molar-refractivity contribution in [2.45, 2.75) is 27.3 Å². The van der Waals surface area contributed by atoms with E-state index in [1.54, 1.807) is 18.3 Å². The summed E-state index contributed by atoms with van der Waals surface area (Å²) in [5.41, 5.74) is 10.1. The Morgan fingerprint density at radius 2 is 1.90 bits per heavy atom. The summed E-state index contributed by atoms with van der Waals surface area (Å²) in [5.74, 6) is -0.871. The SMILES string of the molecule is Cc1ccc(Cn2nc(C)c(/C=C/C(=O)NNC(=O)c3cc(Br)c[nH]3)c2C)cc1. The van der Waals surface area contributed by atoms with E-state index in [2.05, 4.69) is 68.1 Å². The standard InChI is InChI=1S/C21H22BrN5O2/c1-13-4-6-16(7-5-13)12-27-15(3)18(14(2)26-27)8-9-20(28)24-25-21(29)19-10-17(22)11-23-19/h4-11,23H,12H2,1-3H3,(H,24,28)(H,25,29)/b9-8+. The average Bonchev–Trinajstić information content (AvgIpc) is 3.23. The molecule has 0 aliphatic carbocycles. The van der Waals surface area contributed by atoms with E-state index in [1.165, 1.54) is 11.6 Å². The molecule has 3 rings (SSSR count). The van der Waals surface area contributed by atoms with Gasteiger partial charge in [0.15, 0.2) is 0 Å². The van der Waals surface area contributed by atoms with E-state index < -0.39 is 11.8 Å². The number of nitrogens with one attached hydrogen (secondary N) is 3. The number of carbonyl (C=O) groups is 2. The molecule has 0 radical (unpaired) electrons. The number of benzene rings is 1. The van der Waals surface area contributed by atoms with Gasteiger partial charge in [-0.1, -0.05) is 29.8 Å². The van der Waals surface area contributed by atoms with Crippen LogP contribution in [0.15, 0.2) is 47.1 Å². The summed E-state index contributed by atoms with van der Waals surface area (Å²) < 4.78 is 2.67. The lowest BCUT2D eigenvalue weighted by Crippen LogP contribution is -2.40. The van der Waals surface area contributed by atoms with Crippen molar-refractivity contribution in [1.29, 1.82) is 0 Å². The average molecular weight is 456 g/mol. The van der Waals surface area contributed by atoms with Gasteiger partial charge in [0, 0.05) is 28.0 Å². The summed E-state index contributed by atoms with van der Waals surface area (Å²) in [6.07, 6.45) is 4.71. The van der Waals surface area contributed by atoms with Crippen LogP contribution >= 0.6 is 15.9 Å². The highest BCUT2D eigenvalue weighted by molar-refractivity contribution is 9.10. The molecule has 0 bridgehead atoms. The van der Waals surface area contributed by atoms with Crippen molar-refractivity contribution in [3.8, 4) is 0 Å². The minimum absolute atomic E-state index is 0.338. The molecule has 3 N–H and O–H groups in total. The number of halogens is 1. The van der Waals surface area contributed by atoms with Crippen molar-refractivity contribution in [2.24, 2.45) is 0 Å². The number of aromatic nitrogens is 3. The number of carbonyl (C=O) groups excluding carboxylic acids is 2. The summed E-state index contributed by atoms with van der Waals surface area (Å²) in [5, 5.41) is 4.58. The highest BCUT2D eigenvalue weighted by atomic mass is 79.9. The van der Waals surface area contributed by atoms with Gasteiger partial charge in [0.05, 0.1) is 12.2 Å². The Bertz CT molecular complexity index is 1060. The number of hydrogen-bond donors (Lipinski definition) is 3. The molecule has 0 spiro atoms. The maximum Gasteiger partial charge on any atom is 0.286 e. The number of hydrogen-bond acceptors (Lipinski definition) is 3. The summed E-state index contributed by atoms with van der Waals surface area (Å²) >= 11 is 3.25. The van der Waals surface area contributed by atoms with Crippen LogP contribution in [0.5, 0.6) is 0 Å². The Labute approximate surface area is 177 Å². The van der Waals surface area contributed by atoms with Crippen LogP contribution < -0.4 is 10.9 Å². The number of hydrazine groups is 1. The molecule has 2 aromatic heterocycles. The van der Waals surface area contributed by atoms with Crippen LogP contribution in [-0.2, 0) is 11.3 Å². The highest BCUT2D eigenvalue weighted by Crippen LogP contribution is 2.17. The topological polar surface area (TPSA) is 91.8 Å². The minimum atomic E-state index is -0.436. The van der Waals surface area contributed by atoms with Gasteiger partial charge in [-0.05, 0) is 54.4 Å². The largest absolute Gasteiger partial charge is 0.356 e. The molecular formula is C21H22BrN5O2. The molecule has 150 valence electrons. The summed E-state index contributed by atoms with van der Waals surface area (Å²) in [6.45, 7) is 6.59. The first kappa shape index (κ1) is 20.6. The van der Waals surface area contributed by atoms with Gasteiger partial charge in [-0.2, -0.15) is 5.10 Å². The fourth-order valence-corrected chi connectivity index (χ4v) is 3.20. The van der Waals surface area contributed by atoms with Crippen LogP contribution in [0.3, 0.4) is 0 Å². The Balaban J connectivity index is 1.62. The first-order valence-electron chi connectivity index (χ1n) is 9.05. The van der Waals surface area contributed by atoms with E-state index in [0.29, 0.717) is 12.2 Å². The molecule has 0 aliphatic heterocycles. The van der Waals surface area contributed by atoms with Crippen LogP contribution in [0, 0.1) is 20.8 Å². The number of aryl methyl sites for hydroxylation is 2. The van der Waals surface area contributed by atoms with E-state index in [0.717, 1.165) is 27.0 Å². The molecule has 2 amide bonds. The van der Waals surface area contributed by atoms with E-state index in [1.807, 2.05) is 18.5 Å². The Hall–Kier alpha value is -3.13.